The van der Waals surface area contributed by atoms with Gasteiger partial charge < -0.3 is 19.4 Å². The summed E-state index contributed by atoms with van der Waals surface area (Å²) < 4.78 is 5.46. The summed E-state index contributed by atoms with van der Waals surface area (Å²) in [5.41, 5.74) is 1.13. The Hall–Kier alpha value is -1.75. The molecule has 5 heteroatoms. The number of nitrogens with zero attached hydrogens (tertiary/aromatic N) is 3. The minimum atomic E-state index is 0.329. The number of benzene rings is 1. The number of rotatable bonds is 4. The summed E-state index contributed by atoms with van der Waals surface area (Å²) in [4.78, 5) is 19.3. The zero-order valence-electron chi connectivity index (χ0n) is 14.9. The molecular formula is C19H29N3O2. The van der Waals surface area contributed by atoms with E-state index in [9.17, 15) is 4.79 Å². The van der Waals surface area contributed by atoms with Crippen LogP contribution in [0.15, 0.2) is 24.3 Å². The van der Waals surface area contributed by atoms with E-state index in [1.54, 1.807) is 7.11 Å². The predicted molar refractivity (Wildman–Crippen MR) is 96.6 cm³/mol. The van der Waals surface area contributed by atoms with Gasteiger partial charge in [-0.3, -0.25) is 4.79 Å². The molecule has 1 aromatic carbocycles. The molecule has 0 bridgehead atoms. The van der Waals surface area contributed by atoms with Gasteiger partial charge in [0.25, 0.3) is 0 Å². The van der Waals surface area contributed by atoms with E-state index in [4.69, 9.17) is 4.74 Å². The van der Waals surface area contributed by atoms with Gasteiger partial charge in [0.15, 0.2) is 0 Å². The average Bonchev–Trinajstić information content (AvgIpc) is 2.62. The Kier molecular flexibility index (Phi) is 5.61. The van der Waals surface area contributed by atoms with Crippen LogP contribution in [0.1, 0.15) is 19.3 Å². The predicted octanol–water partition coefficient (Wildman–Crippen LogP) is 2.08. The first-order valence-electron chi connectivity index (χ1n) is 9.01. The lowest BCUT2D eigenvalue weighted by atomic mass is 9.94. The number of piperazine rings is 1. The Labute approximate surface area is 145 Å². The van der Waals surface area contributed by atoms with Crippen molar-refractivity contribution in [2.75, 3.05) is 58.3 Å². The smallest absolute Gasteiger partial charge is 0.223 e. The number of hydrogen-bond acceptors (Lipinski definition) is 4. The lowest BCUT2D eigenvalue weighted by Gasteiger charge is -2.37. The highest BCUT2D eigenvalue weighted by molar-refractivity contribution is 5.77. The van der Waals surface area contributed by atoms with Crippen molar-refractivity contribution in [3.8, 4) is 5.75 Å². The normalized spacial score (nSPS) is 22.5. The molecule has 0 saturated carbocycles. The number of methoxy groups -OCH3 is 1. The topological polar surface area (TPSA) is 36.0 Å². The Bertz CT molecular complexity index is 555. The van der Waals surface area contributed by atoms with Crippen LogP contribution in [0.2, 0.25) is 0 Å². The quantitative estimate of drug-likeness (QED) is 0.846. The zero-order chi connectivity index (χ0) is 16.9. The van der Waals surface area contributed by atoms with E-state index in [0.717, 1.165) is 44.2 Å². The lowest BCUT2D eigenvalue weighted by molar-refractivity contribution is -0.132. The average molecular weight is 331 g/mol. The third-order valence-corrected chi connectivity index (χ3v) is 5.24. The van der Waals surface area contributed by atoms with Crippen LogP contribution >= 0.6 is 0 Å². The van der Waals surface area contributed by atoms with Gasteiger partial charge in [0, 0.05) is 39.1 Å². The second-order valence-corrected chi connectivity index (χ2v) is 7.01. The molecule has 0 aromatic heterocycles. The van der Waals surface area contributed by atoms with Crippen molar-refractivity contribution in [3.05, 3.63) is 24.3 Å². The van der Waals surface area contributed by atoms with Crippen LogP contribution in [0.25, 0.3) is 0 Å². The van der Waals surface area contributed by atoms with Crippen LogP contribution in [-0.4, -0.2) is 69.1 Å². The fourth-order valence-electron chi connectivity index (χ4n) is 3.90. The SMILES string of the molecule is COc1ccccc1N1CCN(C(=O)CC2CCCN(C)C2)CC1. The molecule has 2 fully saturated rings. The Balaban J connectivity index is 1.52. The van der Waals surface area contributed by atoms with Gasteiger partial charge in [0.05, 0.1) is 12.8 Å². The molecule has 0 N–H and O–H groups in total. The van der Waals surface area contributed by atoms with Crippen LogP contribution in [0.5, 0.6) is 5.75 Å². The number of anilines is 1. The molecule has 1 atom stereocenters. The summed E-state index contributed by atoms with van der Waals surface area (Å²) >= 11 is 0. The Morgan fingerprint density at radius 2 is 1.92 bits per heavy atom. The maximum absolute atomic E-state index is 12.6. The van der Waals surface area contributed by atoms with E-state index in [2.05, 4.69) is 22.9 Å². The highest BCUT2D eigenvalue weighted by atomic mass is 16.5. The van der Waals surface area contributed by atoms with Crippen molar-refractivity contribution < 1.29 is 9.53 Å². The van der Waals surface area contributed by atoms with Gasteiger partial charge >= 0.3 is 0 Å². The van der Waals surface area contributed by atoms with E-state index in [1.165, 1.54) is 19.4 Å². The first-order valence-corrected chi connectivity index (χ1v) is 9.01. The van der Waals surface area contributed by atoms with Crippen LogP contribution in [0, 0.1) is 5.92 Å². The van der Waals surface area contributed by atoms with E-state index in [1.807, 2.05) is 23.1 Å². The van der Waals surface area contributed by atoms with Crippen molar-refractivity contribution in [2.24, 2.45) is 5.92 Å². The second kappa shape index (κ2) is 7.88. The van der Waals surface area contributed by atoms with Crippen LogP contribution < -0.4 is 9.64 Å². The molecular weight excluding hydrogens is 302 g/mol. The van der Waals surface area contributed by atoms with Crippen LogP contribution in [-0.2, 0) is 4.79 Å². The molecule has 0 radical (unpaired) electrons. The number of carbonyl (C=O) groups excluding carboxylic acids is 1. The van der Waals surface area contributed by atoms with Gasteiger partial charge in [0.1, 0.15) is 5.75 Å². The van der Waals surface area contributed by atoms with Crippen molar-refractivity contribution in [1.29, 1.82) is 0 Å². The van der Waals surface area contributed by atoms with Crippen molar-refractivity contribution in [1.82, 2.24) is 9.80 Å². The van der Waals surface area contributed by atoms with Crippen molar-refractivity contribution in [3.63, 3.8) is 0 Å². The Morgan fingerprint density at radius 3 is 2.62 bits per heavy atom. The summed E-state index contributed by atoms with van der Waals surface area (Å²) in [7, 11) is 3.86. The first kappa shape index (κ1) is 17.1. The van der Waals surface area contributed by atoms with Gasteiger partial charge in [-0.15, -0.1) is 0 Å². The monoisotopic (exact) mass is 331 g/mol. The summed E-state index contributed by atoms with van der Waals surface area (Å²) in [6.07, 6.45) is 3.12. The number of likely N-dealkylation sites (tertiary alicyclic amines) is 1. The molecule has 2 aliphatic rings. The molecule has 5 nitrogen and oxygen atoms in total. The molecule has 24 heavy (non-hydrogen) atoms. The van der Waals surface area contributed by atoms with E-state index >= 15 is 0 Å². The first-order chi connectivity index (χ1) is 11.7. The molecule has 1 unspecified atom stereocenters. The highest BCUT2D eigenvalue weighted by Gasteiger charge is 2.26. The molecule has 2 aliphatic heterocycles. The summed E-state index contributed by atoms with van der Waals surface area (Å²) in [5.74, 6) is 1.76. The standard InChI is InChI=1S/C19H29N3O2/c1-20-9-5-6-16(15-20)14-19(23)22-12-10-21(11-13-22)17-7-3-4-8-18(17)24-2/h3-4,7-8,16H,5-6,9-15H2,1-2H3. The number of amides is 1. The van der Waals surface area contributed by atoms with Gasteiger partial charge in [-0.2, -0.15) is 0 Å². The van der Waals surface area contributed by atoms with Crippen LogP contribution in [0.3, 0.4) is 0 Å². The minimum Gasteiger partial charge on any atom is -0.495 e. The fourth-order valence-corrected chi connectivity index (χ4v) is 3.90. The molecule has 132 valence electrons. The number of piperidine rings is 1. The van der Waals surface area contributed by atoms with Gasteiger partial charge in [-0.05, 0) is 44.5 Å². The molecule has 2 saturated heterocycles. The molecule has 2 heterocycles. The highest BCUT2D eigenvalue weighted by Crippen LogP contribution is 2.28. The maximum Gasteiger partial charge on any atom is 0.223 e. The van der Waals surface area contributed by atoms with Crippen molar-refractivity contribution in [2.45, 2.75) is 19.3 Å². The van der Waals surface area contributed by atoms with E-state index in [-0.39, 0.29) is 0 Å². The number of hydrogen-bond donors (Lipinski definition) is 0. The van der Waals surface area contributed by atoms with Crippen LogP contribution in [0.4, 0.5) is 5.69 Å². The summed E-state index contributed by atoms with van der Waals surface area (Å²) in [6, 6.07) is 8.11. The zero-order valence-corrected chi connectivity index (χ0v) is 14.9. The number of para-hydroxylation sites is 2. The van der Waals surface area contributed by atoms with Gasteiger partial charge in [-0.1, -0.05) is 12.1 Å². The minimum absolute atomic E-state index is 0.329. The third kappa shape index (κ3) is 4.01. The largest absolute Gasteiger partial charge is 0.495 e. The summed E-state index contributed by atoms with van der Waals surface area (Å²) in [5, 5.41) is 0. The second-order valence-electron chi connectivity index (χ2n) is 7.01. The number of ether oxygens (including phenoxy) is 1. The van der Waals surface area contributed by atoms with E-state index in [0.29, 0.717) is 18.2 Å². The number of carbonyl (C=O) groups is 1. The molecule has 3 rings (SSSR count). The van der Waals surface area contributed by atoms with Gasteiger partial charge in [0.2, 0.25) is 5.91 Å². The molecule has 1 aromatic rings. The maximum atomic E-state index is 12.6. The summed E-state index contributed by atoms with van der Waals surface area (Å²) in [6.45, 7) is 5.58. The van der Waals surface area contributed by atoms with Gasteiger partial charge in [-0.25, -0.2) is 0 Å². The Morgan fingerprint density at radius 1 is 1.17 bits per heavy atom. The fraction of sp³-hybridized carbons (Fsp3) is 0.632. The van der Waals surface area contributed by atoms with Crippen molar-refractivity contribution >= 4 is 11.6 Å². The molecule has 1 amide bonds. The third-order valence-electron chi connectivity index (χ3n) is 5.24. The van der Waals surface area contributed by atoms with E-state index < -0.39 is 0 Å². The molecule has 0 aliphatic carbocycles. The molecule has 0 spiro atoms. The lowest BCUT2D eigenvalue weighted by Crippen LogP contribution is -2.49.